The van der Waals surface area contributed by atoms with Crippen LogP contribution in [0.25, 0.3) is 16.6 Å². The summed E-state index contributed by atoms with van der Waals surface area (Å²) in [6.07, 6.45) is 1.70. The van der Waals surface area contributed by atoms with E-state index in [0.29, 0.717) is 29.4 Å². The summed E-state index contributed by atoms with van der Waals surface area (Å²) in [5.41, 5.74) is 2.97. The van der Waals surface area contributed by atoms with Gasteiger partial charge in [0.1, 0.15) is 23.1 Å². The maximum atomic E-state index is 14.1. The number of ether oxygens (including phenoxy) is 1. The summed E-state index contributed by atoms with van der Waals surface area (Å²) >= 11 is 0. The first kappa shape index (κ1) is 27.9. The summed E-state index contributed by atoms with van der Waals surface area (Å²) in [6, 6.07) is 21.3. The van der Waals surface area contributed by atoms with Crippen molar-refractivity contribution in [3.05, 3.63) is 96.1 Å². The zero-order chi connectivity index (χ0) is 29.0. The lowest BCUT2D eigenvalue weighted by atomic mass is 9.92. The van der Waals surface area contributed by atoms with Gasteiger partial charge in [-0.05, 0) is 48.5 Å². The standard InChI is InChI=1S/C31H33FN6O3/c1-31(2,3)28-17-29(38(36-28)24-7-5-4-6-8-24)33-20-30(40)34-18-22-15-23(32)9-12-27(22)41-25-10-11-26-21(16-25)19-35-37(26)13-14-39/h4-12,15-17,19,33,39H,13-14,18,20H2,1-3H3,(H,34,40). The number of aromatic nitrogens is 4. The first-order valence-electron chi connectivity index (χ1n) is 13.4. The number of aliphatic hydroxyl groups excluding tert-OH is 1. The number of hydrogen-bond donors (Lipinski definition) is 3. The smallest absolute Gasteiger partial charge is 0.239 e. The maximum absolute atomic E-state index is 14.1. The number of amides is 1. The van der Waals surface area contributed by atoms with Crippen LogP contribution in [0.4, 0.5) is 10.2 Å². The van der Waals surface area contributed by atoms with E-state index < -0.39 is 5.82 Å². The van der Waals surface area contributed by atoms with Crippen molar-refractivity contribution in [2.45, 2.75) is 39.3 Å². The molecule has 2 heterocycles. The highest BCUT2D eigenvalue weighted by Gasteiger charge is 2.21. The normalized spacial score (nSPS) is 11.5. The number of para-hydroxylation sites is 1. The molecule has 5 rings (SSSR count). The van der Waals surface area contributed by atoms with Crippen LogP contribution in [0.2, 0.25) is 0 Å². The molecule has 0 bridgehead atoms. The van der Waals surface area contributed by atoms with E-state index in [1.54, 1.807) is 27.7 Å². The van der Waals surface area contributed by atoms with Gasteiger partial charge in [-0.25, -0.2) is 9.07 Å². The van der Waals surface area contributed by atoms with Crippen molar-refractivity contribution in [2.75, 3.05) is 18.5 Å². The summed E-state index contributed by atoms with van der Waals surface area (Å²) in [4.78, 5) is 12.8. The number of rotatable bonds is 10. The molecule has 1 amide bonds. The Bertz CT molecular complexity index is 1660. The van der Waals surface area contributed by atoms with Crippen LogP contribution in [0.1, 0.15) is 32.0 Å². The molecule has 0 radical (unpaired) electrons. The van der Waals surface area contributed by atoms with Crippen LogP contribution in [-0.2, 0) is 23.3 Å². The lowest BCUT2D eigenvalue weighted by molar-refractivity contribution is -0.119. The SMILES string of the molecule is CC(C)(C)c1cc(NCC(=O)NCc2cc(F)ccc2Oc2ccc3c(cnn3CCO)c2)n(-c2ccccc2)n1. The number of nitrogens with one attached hydrogen (secondary N) is 2. The highest BCUT2D eigenvalue weighted by atomic mass is 19.1. The van der Waals surface area contributed by atoms with Crippen LogP contribution < -0.4 is 15.4 Å². The van der Waals surface area contributed by atoms with Crippen LogP contribution in [0.5, 0.6) is 11.5 Å². The zero-order valence-electron chi connectivity index (χ0n) is 23.3. The van der Waals surface area contributed by atoms with Gasteiger partial charge in [0.2, 0.25) is 5.91 Å². The molecule has 41 heavy (non-hydrogen) atoms. The third-order valence-corrected chi connectivity index (χ3v) is 6.56. The topological polar surface area (TPSA) is 106 Å². The molecule has 0 fully saturated rings. The summed E-state index contributed by atoms with van der Waals surface area (Å²) in [5.74, 6) is 0.978. The molecule has 0 atom stereocenters. The highest BCUT2D eigenvalue weighted by molar-refractivity contribution is 5.81. The fraction of sp³-hybridized carbons (Fsp3) is 0.258. The molecule has 0 saturated heterocycles. The summed E-state index contributed by atoms with van der Waals surface area (Å²) < 4.78 is 23.7. The zero-order valence-corrected chi connectivity index (χ0v) is 23.3. The van der Waals surface area contributed by atoms with Gasteiger partial charge in [-0.3, -0.25) is 9.48 Å². The minimum absolute atomic E-state index is 0.00210. The first-order valence-corrected chi connectivity index (χ1v) is 13.4. The molecule has 0 spiro atoms. The fourth-order valence-electron chi connectivity index (χ4n) is 4.38. The van der Waals surface area contributed by atoms with Crippen LogP contribution in [0, 0.1) is 5.82 Å². The molecule has 5 aromatic rings. The molecule has 0 aliphatic carbocycles. The monoisotopic (exact) mass is 556 g/mol. The minimum atomic E-state index is -0.429. The molecule has 212 valence electrons. The van der Waals surface area contributed by atoms with Crippen LogP contribution in [0.15, 0.2) is 79.0 Å². The average molecular weight is 557 g/mol. The van der Waals surface area contributed by atoms with Crippen LogP contribution in [0.3, 0.4) is 0 Å². The number of anilines is 1. The van der Waals surface area contributed by atoms with E-state index in [-0.39, 0.29) is 31.0 Å². The third-order valence-electron chi connectivity index (χ3n) is 6.56. The molecular formula is C31H33FN6O3. The van der Waals surface area contributed by atoms with Gasteiger partial charge in [0.15, 0.2) is 0 Å². The lowest BCUT2D eigenvalue weighted by Crippen LogP contribution is -2.30. The van der Waals surface area contributed by atoms with E-state index in [4.69, 9.17) is 9.84 Å². The summed E-state index contributed by atoms with van der Waals surface area (Å²) in [6.45, 7) is 6.72. The Balaban J connectivity index is 1.26. The second-order valence-corrected chi connectivity index (χ2v) is 10.7. The number of benzene rings is 3. The van der Waals surface area contributed by atoms with Crippen LogP contribution in [-0.4, -0.2) is 43.7 Å². The molecule has 0 aliphatic rings. The summed E-state index contributed by atoms with van der Waals surface area (Å²) in [7, 11) is 0. The number of carbonyl (C=O) groups excluding carboxylic acids is 1. The molecule has 10 heteroatoms. The Kier molecular flexibility index (Phi) is 8.02. The number of nitrogens with zero attached hydrogens (tertiary/aromatic N) is 4. The average Bonchev–Trinajstić information content (AvgIpc) is 3.57. The second kappa shape index (κ2) is 11.8. The van der Waals surface area contributed by atoms with Crippen molar-refractivity contribution in [1.82, 2.24) is 24.9 Å². The number of aliphatic hydroxyl groups is 1. The molecule has 0 aliphatic heterocycles. The Hall–Kier alpha value is -4.70. The lowest BCUT2D eigenvalue weighted by Gasteiger charge is -2.14. The van der Waals surface area contributed by atoms with Gasteiger partial charge in [-0.15, -0.1) is 0 Å². The van der Waals surface area contributed by atoms with Crippen molar-refractivity contribution < 1.29 is 19.0 Å². The number of halogens is 1. The predicted molar refractivity (Wildman–Crippen MR) is 156 cm³/mol. The third kappa shape index (κ3) is 6.55. The molecule has 0 saturated carbocycles. The van der Waals surface area contributed by atoms with Gasteiger partial charge in [0.25, 0.3) is 0 Å². The molecule has 3 aromatic carbocycles. The highest BCUT2D eigenvalue weighted by Crippen LogP contribution is 2.29. The van der Waals surface area contributed by atoms with Gasteiger partial charge in [-0.1, -0.05) is 39.0 Å². The molecule has 9 nitrogen and oxygen atoms in total. The maximum Gasteiger partial charge on any atom is 0.239 e. The Labute approximate surface area is 237 Å². The summed E-state index contributed by atoms with van der Waals surface area (Å²) in [5, 5.41) is 25.2. The van der Waals surface area contributed by atoms with Crippen molar-refractivity contribution in [2.24, 2.45) is 0 Å². The largest absolute Gasteiger partial charge is 0.457 e. The second-order valence-electron chi connectivity index (χ2n) is 10.7. The van der Waals surface area contributed by atoms with Crippen molar-refractivity contribution in [3.63, 3.8) is 0 Å². The van der Waals surface area contributed by atoms with Gasteiger partial charge in [-0.2, -0.15) is 10.2 Å². The van der Waals surface area contributed by atoms with E-state index in [1.165, 1.54) is 12.1 Å². The Morgan fingerprint density at radius 3 is 2.61 bits per heavy atom. The van der Waals surface area contributed by atoms with Gasteiger partial charge >= 0.3 is 0 Å². The number of fused-ring (bicyclic) bond motifs is 1. The van der Waals surface area contributed by atoms with E-state index in [9.17, 15) is 14.3 Å². The van der Waals surface area contributed by atoms with Crippen molar-refractivity contribution >= 4 is 22.6 Å². The van der Waals surface area contributed by atoms with Gasteiger partial charge in [0.05, 0.1) is 42.8 Å². The van der Waals surface area contributed by atoms with Crippen molar-refractivity contribution in [1.29, 1.82) is 0 Å². The van der Waals surface area contributed by atoms with E-state index in [0.717, 1.165) is 22.3 Å². The number of hydrogen-bond acceptors (Lipinski definition) is 6. The quantitative estimate of drug-likeness (QED) is 0.219. The van der Waals surface area contributed by atoms with Gasteiger partial charge in [0, 0.05) is 29.0 Å². The first-order chi connectivity index (χ1) is 19.7. The molecule has 2 aromatic heterocycles. The Morgan fingerprint density at radius 2 is 1.85 bits per heavy atom. The van der Waals surface area contributed by atoms with E-state index in [2.05, 4.69) is 36.5 Å². The fourth-order valence-corrected chi connectivity index (χ4v) is 4.38. The van der Waals surface area contributed by atoms with Crippen molar-refractivity contribution in [3.8, 4) is 17.2 Å². The molecule has 0 unspecified atom stereocenters. The van der Waals surface area contributed by atoms with E-state index in [1.807, 2.05) is 48.5 Å². The Morgan fingerprint density at radius 1 is 1.05 bits per heavy atom. The molecular weight excluding hydrogens is 523 g/mol. The van der Waals surface area contributed by atoms with Crippen LogP contribution >= 0.6 is 0 Å². The number of carbonyl (C=O) groups is 1. The van der Waals surface area contributed by atoms with E-state index >= 15 is 0 Å². The minimum Gasteiger partial charge on any atom is -0.457 e. The molecule has 3 N–H and O–H groups in total. The van der Waals surface area contributed by atoms with Gasteiger partial charge < -0.3 is 20.5 Å². The predicted octanol–water partition coefficient (Wildman–Crippen LogP) is 5.17.